The molecule has 0 aromatic heterocycles. The summed E-state index contributed by atoms with van der Waals surface area (Å²) < 4.78 is 25.6. The van der Waals surface area contributed by atoms with Gasteiger partial charge in [0.1, 0.15) is 0 Å². The molecule has 17 heavy (non-hydrogen) atoms. The third-order valence-corrected chi connectivity index (χ3v) is 2.32. The van der Waals surface area contributed by atoms with E-state index in [4.69, 9.17) is 0 Å². The summed E-state index contributed by atoms with van der Waals surface area (Å²) in [6.07, 6.45) is -0.306. The van der Waals surface area contributed by atoms with E-state index in [0.29, 0.717) is 18.5 Å². The zero-order chi connectivity index (χ0) is 13.1. The van der Waals surface area contributed by atoms with Crippen LogP contribution in [0, 0.1) is 11.6 Å². The Morgan fingerprint density at radius 1 is 1.24 bits per heavy atom. The topological polar surface area (TPSA) is 32.3 Å². The fourth-order valence-corrected chi connectivity index (χ4v) is 1.43. The minimum atomic E-state index is -0.876. The van der Waals surface area contributed by atoms with Gasteiger partial charge in [-0.25, -0.2) is 8.78 Å². The molecule has 0 radical (unpaired) electrons. The summed E-state index contributed by atoms with van der Waals surface area (Å²) in [5.74, 6) is -1.74. The minimum Gasteiger partial charge on any atom is -0.391 e. The lowest BCUT2D eigenvalue weighted by Crippen LogP contribution is -2.41. The molecule has 1 aromatic carbocycles. The van der Waals surface area contributed by atoms with Crippen molar-refractivity contribution in [1.82, 2.24) is 5.32 Å². The van der Waals surface area contributed by atoms with Gasteiger partial charge in [0.15, 0.2) is 11.6 Å². The fourth-order valence-electron chi connectivity index (χ4n) is 1.43. The second kappa shape index (κ2) is 5.56. The Morgan fingerprint density at radius 2 is 1.88 bits per heavy atom. The van der Waals surface area contributed by atoms with E-state index < -0.39 is 17.7 Å². The highest BCUT2D eigenvalue weighted by atomic mass is 19.2. The van der Waals surface area contributed by atoms with Crippen molar-refractivity contribution in [1.29, 1.82) is 0 Å². The first-order chi connectivity index (χ1) is 7.78. The number of aliphatic hydroxyl groups is 1. The van der Waals surface area contributed by atoms with Crippen LogP contribution in [-0.4, -0.2) is 23.3 Å². The lowest BCUT2D eigenvalue weighted by molar-refractivity contribution is 0.161. The van der Waals surface area contributed by atoms with Crippen LogP contribution in [0.15, 0.2) is 18.2 Å². The predicted octanol–water partition coefficient (Wildman–Crippen LogP) is 2.26. The largest absolute Gasteiger partial charge is 0.391 e. The molecule has 2 nitrogen and oxygen atoms in total. The molecule has 0 saturated heterocycles. The molecular weight excluding hydrogens is 224 g/mol. The Morgan fingerprint density at radius 3 is 2.41 bits per heavy atom. The van der Waals surface area contributed by atoms with Crippen LogP contribution in [0.4, 0.5) is 8.78 Å². The number of halogens is 2. The summed E-state index contributed by atoms with van der Waals surface area (Å²) in [6.45, 7) is 6.41. The number of β-amino-alcohol motifs (C(OH)–C–C–N with tert-alkyl or cyclic N) is 1. The number of hydrogen-bond donors (Lipinski definition) is 2. The van der Waals surface area contributed by atoms with Gasteiger partial charge in [0, 0.05) is 12.1 Å². The summed E-state index contributed by atoms with van der Waals surface area (Å²) in [4.78, 5) is 0. The second-order valence-electron chi connectivity index (χ2n) is 5.24. The Bertz CT molecular complexity index is 374. The molecule has 0 aliphatic rings. The molecule has 1 unspecified atom stereocenters. The summed E-state index contributed by atoms with van der Waals surface area (Å²) in [5, 5.41) is 12.9. The second-order valence-corrected chi connectivity index (χ2v) is 5.24. The van der Waals surface area contributed by atoms with Gasteiger partial charge in [-0.2, -0.15) is 0 Å². The van der Waals surface area contributed by atoms with Crippen molar-refractivity contribution in [3.8, 4) is 0 Å². The number of benzene rings is 1. The van der Waals surface area contributed by atoms with E-state index in [2.05, 4.69) is 5.32 Å². The van der Waals surface area contributed by atoms with E-state index in [1.165, 1.54) is 6.07 Å². The minimum absolute atomic E-state index is 0.0744. The highest BCUT2D eigenvalue weighted by Crippen LogP contribution is 2.10. The molecule has 96 valence electrons. The van der Waals surface area contributed by atoms with E-state index in [1.807, 2.05) is 20.8 Å². The lowest BCUT2D eigenvalue weighted by atomic mass is 10.1. The maximum atomic E-state index is 12.9. The SMILES string of the molecule is CC(C)(C)NCC(O)Cc1ccc(F)c(F)c1. The molecule has 1 rings (SSSR count). The molecule has 0 amide bonds. The molecule has 0 saturated carbocycles. The zero-order valence-corrected chi connectivity index (χ0v) is 10.4. The molecule has 0 heterocycles. The first-order valence-electron chi connectivity index (χ1n) is 5.65. The number of hydrogen-bond acceptors (Lipinski definition) is 2. The van der Waals surface area contributed by atoms with Gasteiger partial charge < -0.3 is 10.4 Å². The molecule has 2 N–H and O–H groups in total. The predicted molar refractivity (Wildman–Crippen MR) is 63.8 cm³/mol. The summed E-state index contributed by atoms with van der Waals surface area (Å²) in [6, 6.07) is 3.68. The standard InChI is InChI=1S/C13H19F2NO/c1-13(2,3)16-8-10(17)6-9-4-5-11(14)12(15)7-9/h4-5,7,10,16-17H,6,8H2,1-3H3. The van der Waals surface area contributed by atoms with Crippen molar-refractivity contribution < 1.29 is 13.9 Å². The van der Waals surface area contributed by atoms with Crippen LogP contribution in [-0.2, 0) is 6.42 Å². The van der Waals surface area contributed by atoms with Gasteiger partial charge in [-0.05, 0) is 44.9 Å². The normalized spacial score (nSPS) is 13.8. The molecule has 0 aliphatic heterocycles. The zero-order valence-electron chi connectivity index (χ0n) is 10.4. The smallest absolute Gasteiger partial charge is 0.159 e. The average molecular weight is 243 g/mol. The molecule has 0 spiro atoms. The van der Waals surface area contributed by atoms with Gasteiger partial charge in [-0.1, -0.05) is 6.07 Å². The third-order valence-electron chi connectivity index (χ3n) is 2.32. The van der Waals surface area contributed by atoms with Crippen LogP contribution < -0.4 is 5.32 Å². The molecule has 1 atom stereocenters. The molecule has 0 aliphatic carbocycles. The Kier molecular flexibility index (Phi) is 4.60. The van der Waals surface area contributed by atoms with Gasteiger partial charge in [0.2, 0.25) is 0 Å². The van der Waals surface area contributed by atoms with Crippen LogP contribution in [0.25, 0.3) is 0 Å². The van der Waals surface area contributed by atoms with E-state index in [1.54, 1.807) is 0 Å². The average Bonchev–Trinajstić information content (AvgIpc) is 2.20. The Hall–Kier alpha value is -1.00. The van der Waals surface area contributed by atoms with Crippen molar-refractivity contribution in [2.45, 2.75) is 38.8 Å². The van der Waals surface area contributed by atoms with Gasteiger partial charge in [0.05, 0.1) is 6.10 Å². The van der Waals surface area contributed by atoms with Gasteiger partial charge >= 0.3 is 0 Å². The highest BCUT2D eigenvalue weighted by molar-refractivity contribution is 5.18. The van der Waals surface area contributed by atoms with Crippen LogP contribution in [0.2, 0.25) is 0 Å². The summed E-state index contributed by atoms with van der Waals surface area (Å²) in [5.41, 5.74) is 0.516. The lowest BCUT2D eigenvalue weighted by Gasteiger charge is -2.22. The van der Waals surface area contributed by atoms with Gasteiger partial charge in [-0.15, -0.1) is 0 Å². The van der Waals surface area contributed by atoms with Crippen LogP contribution in [0.1, 0.15) is 26.3 Å². The summed E-state index contributed by atoms with van der Waals surface area (Å²) in [7, 11) is 0. The number of nitrogens with one attached hydrogen (secondary N) is 1. The fraction of sp³-hybridized carbons (Fsp3) is 0.538. The van der Waals surface area contributed by atoms with Crippen molar-refractivity contribution >= 4 is 0 Å². The Balaban J connectivity index is 2.50. The van der Waals surface area contributed by atoms with E-state index in [0.717, 1.165) is 12.1 Å². The van der Waals surface area contributed by atoms with Crippen molar-refractivity contribution in [2.75, 3.05) is 6.54 Å². The number of aliphatic hydroxyl groups excluding tert-OH is 1. The van der Waals surface area contributed by atoms with E-state index in [9.17, 15) is 13.9 Å². The molecule has 0 bridgehead atoms. The van der Waals surface area contributed by atoms with Crippen molar-refractivity contribution in [3.05, 3.63) is 35.4 Å². The molecule has 0 fully saturated rings. The molecule has 4 heteroatoms. The number of rotatable bonds is 4. The van der Waals surface area contributed by atoms with Crippen molar-refractivity contribution in [2.24, 2.45) is 0 Å². The van der Waals surface area contributed by atoms with Crippen molar-refractivity contribution in [3.63, 3.8) is 0 Å². The van der Waals surface area contributed by atoms with Crippen LogP contribution >= 0.6 is 0 Å². The maximum absolute atomic E-state index is 12.9. The van der Waals surface area contributed by atoms with E-state index in [-0.39, 0.29) is 5.54 Å². The highest BCUT2D eigenvalue weighted by Gasteiger charge is 2.13. The van der Waals surface area contributed by atoms with Gasteiger partial charge in [-0.3, -0.25) is 0 Å². The third kappa shape index (κ3) is 5.24. The van der Waals surface area contributed by atoms with Crippen LogP contribution in [0.3, 0.4) is 0 Å². The first-order valence-corrected chi connectivity index (χ1v) is 5.65. The monoisotopic (exact) mass is 243 g/mol. The van der Waals surface area contributed by atoms with E-state index >= 15 is 0 Å². The molecular formula is C13H19F2NO. The quantitative estimate of drug-likeness (QED) is 0.850. The van der Waals surface area contributed by atoms with Gasteiger partial charge in [0.25, 0.3) is 0 Å². The van der Waals surface area contributed by atoms with Crippen LogP contribution in [0.5, 0.6) is 0 Å². The first kappa shape index (κ1) is 14.1. The Labute approximate surface area is 101 Å². The summed E-state index contributed by atoms with van der Waals surface area (Å²) >= 11 is 0. The molecule has 1 aromatic rings. The maximum Gasteiger partial charge on any atom is 0.159 e.